The molecular formula is C10H15N3OS. The average Bonchev–Trinajstić information content (AvgIpc) is 2.53. The first-order chi connectivity index (χ1) is 6.97. The molecule has 4 nitrogen and oxygen atoms in total. The molecule has 0 aliphatic rings. The zero-order chi connectivity index (χ0) is 11.3. The first-order valence-corrected chi connectivity index (χ1v) is 5.03. The van der Waals surface area contributed by atoms with Crippen LogP contribution in [0.5, 0.6) is 0 Å². The van der Waals surface area contributed by atoms with Gasteiger partial charge in [-0.1, -0.05) is 0 Å². The van der Waals surface area contributed by atoms with E-state index in [0.29, 0.717) is 10.9 Å². The molecule has 0 amide bonds. The van der Waals surface area contributed by atoms with Crippen LogP contribution in [0.15, 0.2) is 27.9 Å². The summed E-state index contributed by atoms with van der Waals surface area (Å²) in [5.41, 5.74) is 2.64. The third kappa shape index (κ3) is 5.17. The van der Waals surface area contributed by atoms with E-state index in [0.717, 1.165) is 0 Å². The van der Waals surface area contributed by atoms with Gasteiger partial charge in [0.15, 0.2) is 5.11 Å². The molecule has 0 fully saturated rings. The van der Waals surface area contributed by atoms with Crippen LogP contribution in [-0.4, -0.2) is 16.9 Å². The van der Waals surface area contributed by atoms with Crippen LogP contribution in [0.1, 0.15) is 26.5 Å². The molecule has 0 aromatic carbocycles. The SMILES string of the molecule is CC(C)(C)NC(=S)NN=Cc1ccco1. The second-order valence-electron chi connectivity index (χ2n) is 4.09. The molecule has 2 N–H and O–H groups in total. The topological polar surface area (TPSA) is 49.6 Å². The van der Waals surface area contributed by atoms with Gasteiger partial charge in [0.1, 0.15) is 5.76 Å². The molecule has 5 heteroatoms. The first-order valence-electron chi connectivity index (χ1n) is 4.62. The third-order valence-electron chi connectivity index (χ3n) is 1.39. The molecule has 82 valence electrons. The minimum atomic E-state index is -0.0652. The van der Waals surface area contributed by atoms with E-state index in [4.69, 9.17) is 16.6 Å². The third-order valence-corrected chi connectivity index (χ3v) is 1.58. The summed E-state index contributed by atoms with van der Waals surface area (Å²) >= 11 is 5.03. The van der Waals surface area contributed by atoms with Crippen LogP contribution in [0.4, 0.5) is 0 Å². The Hall–Kier alpha value is -1.36. The average molecular weight is 225 g/mol. The highest BCUT2D eigenvalue weighted by atomic mass is 32.1. The zero-order valence-electron chi connectivity index (χ0n) is 9.07. The Morgan fingerprint density at radius 1 is 1.53 bits per heavy atom. The van der Waals surface area contributed by atoms with Crippen LogP contribution in [0.2, 0.25) is 0 Å². The molecule has 1 aromatic heterocycles. The van der Waals surface area contributed by atoms with E-state index in [9.17, 15) is 0 Å². The number of nitrogens with zero attached hydrogens (tertiary/aromatic N) is 1. The number of rotatable bonds is 2. The van der Waals surface area contributed by atoms with E-state index in [2.05, 4.69) is 15.8 Å². The highest BCUT2D eigenvalue weighted by molar-refractivity contribution is 7.80. The van der Waals surface area contributed by atoms with Gasteiger partial charge in [-0.05, 0) is 45.1 Å². The maximum Gasteiger partial charge on any atom is 0.187 e. The van der Waals surface area contributed by atoms with Crippen LogP contribution < -0.4 is 10.7 Å². The highest BCUT2D eigenvalue weighted by Crippen LogP contribution is 1.97. The highest BCUT2D eigenvalue weighted by Gasteiger charge is 2.09. The molecule has 0 bridgehead atoms. The predicted molar refractivity (Wildman–Crippen MR) is 64.9 cm³/mol. The van der Waals surface area contributed by atoms with Gasteiger partial charge in [-0.15, -0.1) is 0 Å². The summed E-state index contributed by atoms with van der Waals surface area (Å²) in [6.45, 7) is 6.08. The molecular weight excluding hydrogens is 210 g/mol. The molecule has 0 spiro atoms. The Bertz CT molecular complexity index is 338. The van der Waals surface area contributed by atoms with E-state index in [-0.39, 0.29) is 5.54 Å². The minimum absolute atomic E-state index is 0.0652. The number of hydrogen-bond donors (Lipinski definition) is 2. The smallest absolute Gasteiger partial charge is 0.187 e. The summed E-state index contributed by atoms with van der Waals surface area (Å²) in [5.74, 6) is 0.682. The number of furan rings is 1. The lowest BCUT2D eigenvalue weighted by Gasteiger charge is -2.21. The molecule has 0 unspecified atom stereocenters. The summed E-state index contributed by atoms with van der Waals surface area (Å²) < 4.78 is 5.06. The second-order valence-corrected chi connectivity index (χ2v) is 4.50. The summed E-state index contributed by atoms with van der Waals surface area (Å²) in [7, 11) is 0. The quantitative estimate of drug-likeness (QED) is 0.458. The first kappa shape index (κ1) is 11.7. The van der Waals surface area contributed by atoms with Crippen molar-refractivity contribution in [3.63, 3.8) is 0 Å². The van der Waals surface area contributed by atoms with Gasteiger partial charge in [0.05, 0.1) is 12.5 Å². The van der Waals surface area contributed by atoms with Crippen LogP contribution >= 0.6 is 12.2 Å². The van der Waals surface area contributed by atoms with Crippen LogP contribution in [0.25, 0.3) is 0 Å². The number of hydrogen-bond acceptors (Lipinski definition) is 3. The molecule has 1 heterocycles. The molecule has 0 aliphatic heterocycles. The van der Waals surface area contributed by atoms with Gasteiger partial charge < -0.3 is 9.73 Å². The molecule has 0 saturated carbocycles. The van der Waals surface area contributed by atoms with E-state index < -0.39 is 0 Å². The van der Waals surface area contributed by atoms with Crippen molar-refractivity contribution in [1.82, 2.24) is 10.7 Å². The normalized spacial score (nSPS) is 11.7. The summed E-state index contributed by atoms with van der Waals surface area (Å²) in [6, 6.07) is 3.61. The fraction of sp³-hybridized carbons (Fsp3) is 0.400. The Morgan fingerprint density at radius 2 is 2.27 bits per heavy atom. The number of thiocarbonyl (C=S) groups is 1. The minimum Gasteiger partial charge on any atom is -0.463 e. The fourth-order valence-electron chi connectivity index (χ4n) is 0.888. The van der Waals surface area contributed by atoms with E-state index in [1.165, 1.54) is 0 Å². The van der Waals surface area contributed by atoms with Gasteiger partial charge in [0.25, 0.3) is 0 Å². The van der Waals surface area contributed by atoms with Gasteiger partial charge in [-0.2, -0.15) is 5.10 Å². The Morgan fingerprint density at radius 3 is 2.80 bits per heavy atom. The van der Waals surface area contributed by atoms with Crippen LogP contribution in [0, 0.1) is 0 Å². The Kier molecular flexibility index (Phi) is 3.85. The number of hydrazone groups is 1. The van der Waals surface area contributed by atoms with Gasteiger partial charge in [-0.25, -0.2) is 0 Å². The van der Waals surface area contributed by atoms with Crippen molar-refractivity contribution in [1.29, 1.82) is 0 Å². The molecule has 0 aliphatic carbocycles. The molecule has 0 radical (unpaired) electrons. The lowest BCUT2D eigenvalue weighted by atomic mass is 10.1. The molecule has 0 saturated heterocycles. The largest absolute Gasteiger partial charge is 0.463 e. The van der Waals surface area contributed by atoms with Crippen LogP contribution in [0.3, 0.4) is 0 Å². The summed E-state index contributed by atoms with van der Waals surface area (Å²) in [4.78, 5) is 0. The number of nitrogens with one attached hydrogen (secondary N) is 2. The van der Waals surface area contributed by atoms with E-state index in [1.807, 2.05) is 26.8 Å². The summed E-state index contributed by atoms with van der Waals surface area (Å²) in [6.07, 6.45) is 3.16. The van der Waals surface area contributed by atoms with Crippen molar-refractivity contribution < 1.29 is 4.42 Å². The lowest BCUT2D eigenvalue weighted by molar-refractivity contribution is 0.508. The molecule has 1 aromatic rings. The molecule has 15 heavy (non-hydrogen) atoms. The molecule has 1 rings (SSSR count). The van der Waals surface area contributed by atoms with Gasteiger partial charge in [-0.3, -0.25) is 5.43 Å². The Balaban J connectivity index is 2.35. The van der Waals surface area contributed by atoms with Gasteiger partial charge in [0, 0.05) is 5.54 Å². The van der Waals surface area contributed by atoms with Crippen molar-refractivity contribution in [2.24, 2.45) is 5.10 Å². The monoisotopic (exact) mass is 225 g/mol. The van der Waals surface area contributed by atoms with Crippen molar-refractivity contribution >= 4 is 23.5 Å². The second kappa shape index (κ2) is 4.93. The summed E-state index contributed by atoms with van der Waals surface area (Å²) in [5, 5.41) is 7.49. The maximum absolute atomic E-state index is 5.06. The van der Waals surface area contributed by atoms with Crippen molar-refractivity contribution in [2.75, 3.05) is 0 Å². The van der Waals surface area contributed by atoms with Gasteiger partial charge in [0.2, 0.25) is 0 Å². The standard InChI is InChI=1S/C10H15N3OS/c1-10(2,3)12-9(15)13-11-7-8-5-4-6-14-8/h4-7H,1-3H3,(H2,12,13,15). The maximum atomic E-state index is 5.06. The van der Waals surface area contributed by atoms with Crippen LogP contribution in [-0.2, 0) is 0 Å². The van der Waals surface area contributed by atoms with E-state index in [1.54, 1.807) is 18.5 Å². The lowest BCUT2D eigenvalue weighted by Crippen LogP contribution is -2.44. The Labute approximate surface area is 94.7 Å². The predicted octanol–water partition coefficient (Wildman–Crippen LogP) is 1.88. The fourth-order valence-corrected chi connectivity index (χ4v) is 1.25. The van der Waals surface area contributed by atoms with Gasteiger partial charge >= 0.3 is 0 Å². The zero-order valence-corrected chi connectivity index (χ0v) is 9.89. The van der Waals surface area contributed by atoms with Crippen molar-refractivity contribution in [3.05, 3.63) is 24.2 Å². The molecule has 0 atom stereocenters. The van der Waals surface area contributed by atoms with Crippen molar-refractivity contribution in [3.8, 4) is 0 Å². The van der Waals surface area contributed by atoms with Crippen molar-refractivity contribution in [2.45, 2.75) is 26.3 Å². The van der Waals surface area contributed by atoms with E-state index >= 15 is 0 Å².